The van der Waals surface area contributed by atoms with E-state index in [1.165, 1.54) is 12.1 Å². The third-order valence-corrected chi connectivity index (χ3v) is 3.95. The summed E-state index contributed by atoms with van der Waals surface area (Å²) in [6.07, 6.45) is 0. The van der Waals surface area contributed by atoms with Crippen LogP contribution in [-0.2, 0) is 0 Å². The van der Waals surface area contributed by atoms with E-state index >= 15 is 0 Å². The first-order valence-electron chi connectivity index (χ1n) is 6.46. The van der Waals surface area contributed by atoms with Crippen molar-refractivity contribution < 1.29 is 8.78 Å². The van der Waals surface area contributed by atoms with Gasteiger partial charge in [-0.15, -0.1) is 0 Å². The van der Waals surface area contributed by atoms with Crippen LogP contribution in [0.5, 0.6) is 0 Å². The Hall–Kier alpha value is -1.97. The molecule has 0 aliphatic carbocycles. The first-order chi connectivity index (χ1) is 10.1. The molecule has 0 radical (unpaired) electrons. The fourth-order valence-electron chi connectivity index (χ4n) is 2.49. The third kappa shape index (κ3) is 2.39. The molecule has 3 rings (SSSR count). The number of hydrogen-bond acceptors (Lipinski definition) is 1. The fraction of sp³-hybridized carbons (Fsp3) is 0.0588. The molecule has 1 atom stereocenters. The molecule has 0 amide bonds. The van der Waals surface area contributed by atoms with E-state index in [0.717, 1.165) is 0 Å². The minimum atomic E-state index is -0.626. The van der Waals surface area contributed by atoms with Crippen LogP contribution in [0.15, 0.2) is 54.6 Å². The third-order valence-electron chi connectivity index (χ3n) is 3.56. The predicted molar refractivity (Wildman–Crippen MR) is 81.3 cm³/mol. The average Bonchev–Trinajstić information content (AvgIpc) is 2.50. The summed E-state index contributed by atoms with van der Waals surface area (Å²) < 4.78 is 27.4. The molecule has 1 nitrogen and oxygen atoms in total. The van der Waals surface area contributed by atoms with Crippen molar-refractivity contribution in [3.05, 3.63) is 82.4 Å². The lowest BCUT2D eigenvalue weighted by molar-refractivity contribution is 0.624. The van der Waals surface area contributed by atoms with Crippen molar-refractivity contribution in [2.75, 3.05) is 0 Å². The van der Waals surface area contributed by atoms with Gasteiger partial charge in [0.05, 0.1) is 11.1 Å². The van der Waals surface area contributed by atoms with E-state index in [1.54, 1.807) is 36.4 Å². The molecule has 3 aromatic rings. The van der Waals surface area contributed by atoms with E-state index in [9.17, 15) is 8.78 Å². The van der Waals surface area contributed by atoms with Gasteiger partial charge in [0.2, 0.25) is 0 Å². The van der Waals surface area contributed by atoms with Gasteiger partial charge in [-0.25, -0.2) is 8.78 Å². The molecular formula is C17H12ClF2N. The number of rotatable bonds is 2. The van der Waals surface area contributed by atoms with Crippen LogP contribution in [0.2, 0.25) is 5.02 Å². The van der Waals surface area contributed by atoms with Gasteiger partial charge in [-0.05, 0) is 28.6 Å². The highest BCUT2D eigenvalue weighted by Crippen LogP contribution is 2.33. The van der Waals surface area contributed by atoms with Crippen molar-refractivity contribution in [2.24, 2.45) is 5.73 Å². The summed E-state index contributed by atoms with van der Waals surface area (Å²) in [5.74, 6) is -0.831. The largest absolute Gasteiger partial charge is 0.320 e. The summed E-state index contributed by atoms with van der Waals surface area (Å²) in [7, 11) is 0. The molecule has 0 bridgehead atoms. The van der Waals surface area contributed by atoms with Gasteiger partial charge in [0.1, 0.15) is 11.6 Å². The van der Waals surface area contributed by atoms with E-state index in [1.807, 2.05) is 6.07 Å². The van der Waals surface area contributed by atoms with E-state index in [-0.39, 0.29) is 10.8 Å². The van der Waals surface area contributed by atoms with E-state index in [4.69, 9.17) is 17.3 Å². The standard InChI is InChI=1S/C17H12ClF2N/c18-16-13(6-3-7-15(16)20)17(21)12-8-9-14(19)11-5-2-1-4-10(11)12/h1-9,17H,21H2. The summed E-state index contributed by atoms with van der Waals surface area (Å²) in [5, 5.41) is 1.18. The summed E-state index contributed by atoms with van der Waals surface area (Å²) in [6.45, 7) is 0. The highest BCUT2D eigenvalue weighted by Gasteiger charge is 2.18. The monoisotopic (exact) mass is 303 g/mol. The number of halogens is 3. The Kier molecular flexibility index (Phi) is 3.62. The Morgan fingerprint density at radius 1 is 0.762 bits per heavy atom. The van der Waals surface area contributed by atoms with Crippen LogP contribution < -0.4 is 5.73 Å². The minimum absolute atomic E-state index is 0.00148. The Morgan fingerprint density at radius 2 is 1.48 bits per heavy atom. The second-order valence-corrected chi connectivity index (χ2v) is 5.18. The summed E-state index contributed by atoms with van der Waals surface area (Å²) >= 11 is 5.99. The van der Waals surface area contributed by atoms with Crippen LogP contribution in [-0.4, -0.2) is 0 Å². The number of nitrogens with two attached hydrogens (primary N) is 1. The average molecular weight is 304 g/mol. The van der Waals surface area contributed by atoms with Crippen LogP contribution in [0.25, 0.3) is 10.8 Å². The van der Waals surface area contributed by atoms with Gasteiger partial charge in [-0.1, -0.05) is 54.1 Å². The van der Waals surface area contributed by atoms with Crippen LogP contribution in [0.4, 0.5) is 8.78 Å². The smallest absolute Gasteiger partial charge is 0.142 e. The molecule has 1 unspecified atom stereocenters. The quantitative estimate of drug-likeness (QED) is 0.721. The summed E-state index contributed by atoms with van der Waals surface area (Å²) in [4.78, 5) is 0. The first-order valence-corrected chi connectivity index (χ1v) is 6.84. The Labute approximate surface area is 126 Å². The summed E-state index contributed by atoms with van der Waals surface area (Å²) in [6, 6.07) is 13.9. The van der Waals surface area contributed by atoms with Gasteiger partial charge < -0.3 is 5.73 Å². The Balaban J connectivity index is 2.21. The Bertz CT molecular complexity index is 817. The van der Waals surface area contributed by atoms with Gasteiger partial charge in [0.25, 0.3) is 0 Å². The molecule has 0 saturated heterocycles. The van der Waals surface area contributed by atoms with Crippen LogP contribution in [0, 0.1) is 11.6 Å². The Morgan fingerprint density at radius 3 is 2.24 bits per heavy atom. The van der Waals surface area contributed by atoms with Crippen LogP contribution >= 0.6 is 11.6 Å². The molecular weight excluding hydrogens is 292 g/mol. The highest BCUT2D eigenvalue weighted by atomic mass is 35.5. The molecule has 0 saturated carbocycles. The molecule has 2 N–H and O–H groups in total. The van der Waals surface area contributed by atoms with Crippen molar-refractivity contribution in [2.45, 2.75) is 6.04 Å². The van der Waals surface area contributed by atoms with Gasteiger partial charge in [0.15, 0.2) is 0 Å². The molecule has 0 aliphatic heterocycles. The maximum Gasteiger partial charge on any atom is 0.142 e. The molecule has 0 spiro atoms. The molecule has 0 aliphatic rings. The number of hydrogen-bond donors (Lipinski definition) is 1. The molecule has 0 aromatic heterocycles. The first kappa shape index (κ1) is 14.0. The zero-order chi connectivity index (χ0) is 15.0. The lowest BCUT2D eigenvalue weighted by atomic mass is 9.94. The van der Waals surface area contributed by atoms with Gasteiger partial charge >= 0.3 is 0 Å². The predicted octanol–water partition coefficient (Wildman–Crippen LogP) is 4.82. The highest BCUT2D eigenvalue weighted by molar-refractivity contribution is 6.31. The van der Waals surface area contributed by atoms with Crippen molar-refractivity contribution in [3.8, 4) is 0 Å². The molecule has 106 valence electrons. The lowest BCUT2D eigenvalue weighted by Crippen LogP contribution is -2.13. The van der Waals surface area contributed by atoms with Crippen LogP contribution in [0.1, 0.15) is 17.2 Å². The van der Waals surface area contributed by atoms with Crippen LogP contribution in [0.3, 0.4) is 0 Å². The van der Waals surface area contributed by atoms with E-state index in [2.05, 4.69) is 0 Å². The zero-order valence-electron chi connectivity index (χ0n) is 11.0. The van der Waals surface area contributed by atoms with Gasteiger partial charge in [-0.2, -0.15) is 0 Å². The molecule has 0 fully saturated rings. The second-order valence-electron chi connectivity index (χ2n) is 4.80. The summed E-state index contributed by atoms with van der Waals surface area (Å²) in [5.41, 5.74) is 7.42. The molecule has 3 aromatic carbocycles. The topological polar surface area (TPSA) is 26.0 Å². The maximum atomic E-state index is 13.8. The maximum absolute atomic E-state index is 13.8. The van der Waals surface area contributed by atoms with E-state index in [0.29, 0.717) is 21.9 Å². The normalized spacial score (nSPS) is 12.6. The van der Waals surface area contributed by atoms with Gasteiger partial charge in [0, 0.05) is 5.39 Å². The molecule has 4 heteroatoms. The minimum Gasteiger partial charge on any atom is -0.320 e. The number of benzene rings is 3. The van der Waals surface area contributed by atoms with Crippen molar-refractivity contribution >= 4 is 22.4 Å². The van der Waals surface area contributed by atoms with Crippen molar-refractivity contribution in [3.63, 3.8) is 0 Å². The van der Waals surface area contributed by atoms with Crippen molar-refractivity contribution in [1.29, 1.82) is 0 Å². The van der Waals surface area contributed by atoms with E-state index < -0.39 is 11.9 Å². The molecule has 21 heavy (non-hydrogen) atoms. The molecule has 0 heterocycles. The second kappa shape index (κ2) is 5.43. The fourth-order valence-corrected chi connectivity index (χ4v) is 2.73. The number of fused-ring (bicyclic) bond motifs is 1. The zero-order valence-corrected chi connectivity index (χ0v) is 11.7. The lowest BCUT2D eigenvalue weighted by Gasteiger charge is -2.17. The SMILES string of the molecule is NC(c1cccc(F)c1Cl)c1ccc(F)c2ccccc12. The van der Waals surface area contributed by atoms with Crippen molar-refractivity contribution in [1.82, 2.24) is 0 Å². The van der Waals surface area contributed by atoms with Gasteiger partial charge in [-0.3, -0.25) is 0 Å².